The number of aliphatic hydroxyl groups is 2. The van der Waals surface area contributed by atoms with Crippen molar-refractivity contribution < 1.29 is 47.6 Å². The molecule has 2 heterocycles. The van der Waals surface area contributed by atoms with Gasteiger partial charge >= 0.3 is 13.7 Å². The third kappa shape index (κ3) is 8.84. The van der Waals surface area contributed by atoms with Crippen LogP contribution in [-0.2, 0) is 37.4 Å². The highest BCUT2D eigenvalue weighted by molar-refractivity contribution is 8.13. The van der Waals surface area contributed by atoms with Crippen LogP contribution in [0.1, 0.15) is 41.5 Å². The van der Waals surface area contributed by atoms with E-state index in [1.165, 1.54) is 31.2 Å². The lowest BCUT2D eigenvalue weighted by molar-refractivity contribution is -0.268. The topological polar surface area (TPSA) is 191 Å². The van der Waals surface area contributed by atoms with Crippen molar-refractivity contribution >= 4 is 36.4 Å². The number of thioether (sulfide) groups is 1. The average molecular weight is 609 g/mol. The standard InChI is InChI=1S/C24H41N4O10PS/c1-14(2)37-21(31)15(3)27-39(33,35-11-12-40-22(32)23(5,6)7)36-13-24(34-8)19(30)18(29)20(38-24)28-10-9-17(25)26-16(28)4/h9-10,14-15,18-20,29-30H,4,11-13H2,1-3,5-8H3,(H2,25,26)(H,27,33)/t15-,18+,19-,20+,24+,39?/m0/s1. The number of aliphatic hydroxyl groups excluding tert-OH is 2. The second kappa shape index (κ2) is 13.9. The number of nitrogens with zero attached hydrogens (tertiary/aromatic N) is 2. The van der Waals surface area contributed by atoms with Crippen LogP contribution in [0.15, 0.2) is 29.7 Å². The monoisotopic (exact) mass is 608 g/mol. The Morgan fingerprint density at radius 1 is 1.32 bits per heavy atom. The molecule has 1 saturated heterocycles. The Kier molecular flexibility index (Phi) is 12.0. The molecule has 2 rings (SSSR count). The van der Waals surface area contributed by atoms with E-state index in [-0.39, 0.29) is 29.1 Å². The fraction of sp³-hybridized carbons (Fsp3) is 0.708. The molecule has 0 spiro atoms. The lowest BCUT2D eigenvalue weighted by Crippen LogP contribution is -2.49. The molecule has 2 aliphatic rings. The van der Waals surface area contributed by atoms with Gasteiger partial charge in [-0.15, -0.1) is 0 Å². The number of carbonyl (C=O) groups excluding carboxylic acids is 2. The molecule has 1 fully saturated rings. The zero-order chi connectivity index (χ0) is 30.5. The third-order valence-corrected chi connectivity index (χ3v) is 8.59. The lowest BCUT2D eigenvalue weighted by Gasteiger charge is -2.33. The SMILES string of the molecule is C=C1N=C(N)C=CN1[C@@H]1O[C@@](COP(=O)(N[C@@H](C)C(=O)OC(C)C)OCCSC(=O)C(C)(C)C)(OC)[C@@H](O)[C@H]1O. The number of hydrogen-bond donors (Lipinski definition) is 4. The van der Waals surface area contributed by atoms with Crippen LogP contribution in [0.25, 0.3) is 0 Å². The summed E-state index contributed by atoms with van der Waals surface area (Å²) in [5.41, 5.74) is 5.09. The lowest BCUT2D eigenvalue weighted by atomic mass is 10.00. The number of ether oxygens (including phenoxy) is 3. The van der Waals surface area contributed by atoms with E-state index >= 15 is 0 Å². The summed E-state index contributed by atoms with van der Waals surface area (Å²) >= 11 is 1.000. The van der Waals surface area contributed by atoms with E-state index < -0.39 is 62.1 Å². The van der Waals surface area contributed by atoms with Gasteiger partial charge in [-0.25, -0.2) is 14.6 Å². The smallest absolute Gasteiger partial charge is 0.406 e. The number of methoxy groups -OCH3 is 1. The second-order valence-electron chi connectivity index (χ2n) is 10.5. The first-order chi connectivity index (χ1) is 18.4. The van der Waals surface area contributed by atoms with Crippen LogP contribution >= 0.6 is 19.5 Å². The molecule has 0 aromatic carbocycles. The van der Waals surface area contributed by atoms with Crippen molar-refractivity contribution in [3.8, 4) is 0 Å². The fourth-order valence-electron chi connectivity index (χ4n) is 3.47. The normalized spacial score (nSPS) is 27.4. The molecular formula is C24H41N4O10PS. The Balaban J connectivity index is 2.19. The summed E-state index contributed by atoms with van der Waals surface area (Å²) < 4.78 is 41.3. The number of aliphatic imine (C=N–C) groups is 1. The summed E-state index contributed by atoms with van der Waals surface area (Å²) in [6, 6.07) is -1.12. The van der Waals surface area contributed by atoms with Crippen molar-refractivity contribution in [3.05, 3.63) is 24.7 Å². The summed E-state index contributed by atoms with van der Waals surface area (Å²) in [6.45, 7) is 12.9. The molecule has 0 aromatic rings. The summed E-state index contributed by atoms with van der Waals surface area (Å²) in [5.74, 6) is -2.24. The van der Waals surface area contributed by atoms with Gasteiger partial charge in [-0.05, 0) is 26.8 Å². The molecule has 1 unspecified atom stereocenters. The minimum absolute atomic E-state index is 0.0889. The highest BCUT2D eigenvalue weighted by Gasteiger charge is 2.58. The number of amidine groups is 1. The minimum Gasteiger partial charge on any atom is -0.462 e. The van der Waals surface area contributed by atoms with E-state index in [2.05, 4.69) is 16.7 Å². The van der Waals surface area contributed by atoms with Gasteiger partial charge in [0.05, 0.1) is 12.7 Å². The van der Waals surface area contributed by atoms with E-state index in [0.717, 1.165) is 11.8 Å². The maximum atomic E-state index is 13.7. The predicted molar refractivity (Wildman–Crippen MR) is 149 cm³/mol. The highest BCUT2D eigenvalue weighted by atomic mass is 32.2. The van der Waals surface area contributed by atoms with Gasteiger partial charge in [0.25, 0.3) is 0 Å². The molecule has 0 bridgehead atoms. The molecule has 0 radical (unpaired) electrons. The molecule has 5 N–H and O–H groups in total. The van der Waals surface area contributed by atoms with Gasteiger partial charge in [-0.2, -0.15) is 0 Å². The Bertz CT molecular complexity index is 1050. The molecule has 14 nitrogen and oxygen atoms in total. The number of esters is 1. The van der Waals surface area contributed by atoms with Gasteiger partial charge in [-0.1, -0.05) is 39.1 Å². The van der Waals surface area contributed by atoms with E-state index in [1.54, 1.807) is 34.6 Å². The second-order valence-corrected chi connectivity index (χ2v) is 13.3. The molecular weight excluding hydrogens is 567 g/mol. The number of hydrogen-bond acceptors (Lipinski definition) is 14. The molecule has 0 aromatic heterocycles. The van der Waals surface area contributed by atoms with Gasteiger partial charge in [-0.3, -0.25) is 18.6 Å². The molecule has 0 amide bonds. The summed E-state index contributed by atoms with van der Waals surface area (Å²) in [4.78, 5) is 30.0. The van der Waals surface area contributed by atoms with E-state index in [4.69, 9.17) is 29.0 Å². The van der Waals surface area contributed by atoms with Crippen LogP contribution in [-0.4, -0.2) is 94.5 Å². The Morgan fingerprint density at radius 3 is 2.52 bits per heavy atom. The van der Waals surface area contributed by atoms with Crippen molar-refractivity contribution in [1.82, 2.24) is 9.99 Å². The van der Waals surface area contributed by atoms with Gasteiger partial charge < -0.3 is 35.1 Å². The fourth-order valence-corrected chi connectivity index (χ4v) is 5.86. The van der Waals surface area contributed by atoms with E-state index in [0.29, 0.717) is 0 Å². The molecule has 40 heavy (non-hydrogen) atoms. The van der Waals surface area contributed by atoms with Gasteiger partial charge in [0.1, 0.15) is 36.5 Å². The maximum Gasteiger partial charge on any atom is 0.406 e. The Morgan fingerprint density at radius 2 is 1.98 bits per heavy atom. The first kappa shape index (κ1) is 34.4. The van der Waals surface area contributed by atoms with Crippen LogP contribution in [0.4, 0.5) is 0 Å². The quantitative estimate of drug-likeness (QED) is 0.133. The van der Waals surface area contributed by atoms with Crippen LogP contribution in [0, 0.1) is 5.41 Å². The Labute approximate surface area is 238 Å². The maximum absolute atomic E-state index is 13.7. The van der Waals surface area contributed by atoms with Gasteiger partial charge in [0.15, 0.2) is 11.3 Å². The molecule has 0 saturated carbocycles. The zero-order valence-electron chi connectivity index (χ0n) is 23.9. The molecule has 228 valence electrons. The number of nitrogens with one attached hydrogen (secondary N) is 1. The van der Waals surface area contributed by atoms with Crippen LogP contribution in [0.3, 0.4) is 0 Å². The van der Waals surface area contributed by atoms with Gasteiger partial charge in [0.2, 0.25) is 5.79 Å². The largest absolute Gasteiger partial charge is 0.462 e. The predicted octanol–water partition coefficient (Wildman–Crippen LogP) is 1.44. The van der Waals surface area contributed by atoms with Crippen molar-refractivity contribution in [2.45, 2.75) is 77.9 Å². The minimum atomic E-state index is -4.31. The van der Waals surface area contributed by atoms with Crippen LogP contribution in [0.5, 0.6) is 0 Å². The average Bonchev–Trinajstić information content (AvgIpc) is 3.10. The van der Waals surface area contributed by atoms with Crippen molar-refractivity contribution in [2.75, 3.05) is 26.1 Å². The molecule has 2 aliphatic heterocycles. The van der Waals surface area contributed by atoms with Crippen molar-refractivity contribution in [3.63, 3.8) is 0 Å². The van der Waals surface area contributed by atoms with E-state index in [1.807, 2.05) is 0 Å². The Hall–Kier alpha value is -1.81. The summed E-state index contributed by atoms with van der Waals surface area (Å²) in [5, 5.41) is 24.1. The number of rotatable bonds is 13. The van der Waals surface area contributed by atoms with Crippen LogP contribution in [0.2, 0.25) is 0 Å². The zero-order valence-corrected chi connectivity index (χ0v) is 25.6. The van der Waals surface area contributed by atoms with Crippen LogP contribution < -0.4 is 10.8 Å². The first-order valence-electron chi connectivity index (χ1n) is 12.6. The highest BCUT2D eigenvalue weighted by Crippen LogP contribution is 2.47. The molecule has 0 aliphatic carbocycles. The van der Waals surface area contributed by atoms with E-state index in [9.17, 15) is 24.4 Å². The van der Waals surface area contributed by atoms with Crippen molar-refractivity contribution in [1.29, 1.82) is 0 Å². The summed E-state index contributed by atoms with van der Waals surface area (Å²) in [6.07, 6.45) is -1.94. The third-order valence-electron chi connectivity index (χ3n) is 5.65. The van der Waals surface area contributed by atoms with Gasteiger partial charge in [0, 0.05) is 24.5 Å². The molecule has 6 atom stereocenters. The summed E-state index contributed by atoms with van der Waals surface area (Å²) in [7, 11) is -3.11. The number of carbonyl (C=O) groups is 2. The van der Waals surface area contributed by atoms with Crippen molar-refractivity contribution in [2.24, 2.45) is 16.1 Å². The first-order valence-corrected chi connectivity index (χ1v) is 15.1. The number of nitrogens with two attached hydrogens (primary N) is 1. The molecule has 16 heteroatoms.